The molecule has 2 rings (SSSR count). The molecule has 0 fully saturated rings. The van der Waals surface area contributed by atoms with Crippen molar-refractivity contribution in [1.29, 1.82) is 0 Å². The van der Waals surface area contributed by atoms with E-state index in [0.717, 1.165) is 33.6 Å². The Hall–Kier alpha value is -1.88. The average Bonchev–Trinajstić information content (AvgIpc) is 2.85. The van der Waals surface area contributed by atoms with Gasteiger partial charge in [-0.3, -0.25) is 0 Å². The molecule has 0 saturated heterocycles. The highest BCUT2D eigenvalue weighted by molar-refractivity contribution is 7.11. The highest BCUT2D eigenvalue weighted by Crippen LogP contribution is 2.26. The Kier molecular flexibility index (Phi) is 4.74. The third-order valence-electron chi connectivity index (χ3n) is 2.91. The van der Waals surface area contributed by atoms with Gasteiger partial charge in [-0.25, -0.2) is 0 Å². The number of nitrogens with zero attached hydrogens (tertiary/aromatic N) is 2. The Balaban J connectivity index is 2.31. The zero-order valence-electron chi connectivity index (χ0n) is 12.2. The second-order valence-electron chi connectivity index (χ2n) is 4.22. The predicted octanol–water partition coefficient (Wildman–Crippen LogP) is 2.95. The smallest absolute Gasteiger partial charge is 0.289 e. The van der Waals surface area contributed by atoms with E-state index >= 15 is 0 Å². The van der Waals surface area contributed by atoms with Crippen molar-refractivity contribution in [1.82, 2.24) is 5.10 Å². The summed E-state index contributed by atoms with van der Waals surface area (Å²) >= 11 is 1.68. The number of hydrogen-bond acceptors (Lipinski definition) is 4. The fourth-order valence-corrected chi connectivity index (χ4v) is 2.76. The van der Waals surface area contributed by atoms with E-state index in [1.807, 2.05) is 35.9 Å². The first-order valence-electron chi connectivity index (χ1n) is 6.45. The number of hydrogen-bond donors (Lipinski definition) is 0. The van der Waals surface area contributed by atoms with Crippen LogP contribution in [0.2, 0.25) is 0 Å². The van der Waals surface area contributed by atoms with Crippen molar-refractivity contribution in [3.8, 4) is 11.5 Å². The van der Waals surface area contributed by atoms with Crippen molar-refractivity contribution in [2.24, 2.45) is 0 Å². The molecule has 106 valence electrons. The van der Waals surface area contributed by atoms with Gasteiger partial charge in [-0.1, -0.05) is 4.68 Å². The van der Waals surface area contributed by atoms with E-state index in [1.54, 1.807) is 25.6 Å². The molecule has 1 aromatic carbocycles. The standard InChI is InChI=1S/C15H19N2O2S/c1-5-17-15(20-11(2)16-17)9-7-12-6-8-13(18-3)10-14(12)19-4/h6-10H,5H2,1-4H3/q+1. The van der Waals surface area contributed by atoms with Gasteiger partial charge >= 0.3 is 0 Å². The molecule has 4 nitrogen and oxygen atoms in total. The fraction of sp³-hybridized carbons (Fsp3) is 0.333. The van der Waals surface area contributed by atoms with Crippen molar-refractivity contribution in [3.63, 3.8) is 0 Å². The lowest BCUT2D eigenvalue weighted by Crippen LogP contribution is -2.36. The van der Waals surface area contributed by atoms with Crippen LogP contribution < -0.4 is 14.2 Å². The van der Waals surface area contributed by atoms with Crippen LogP contribution in [-0.2, 0) is 6.54 Å². The van der Waals surface area contributed by atoms with Crippen LogP contribution in [0.3, 0.4) is 0 Å². The van der Waals surface area contributed by atoms with Crippen LogP contribution in [0.4, 0.5) is 0 Å². The highest BCUT2D eigenvalue weighted by atomic mass is 32.1. The Morgan fingerprint density at radius 2 is 2.05 bits per heavy atom. The van der Waals surface area contributed by atoms with Gasteiger partial charge in [0.25, 0.3) is 5.01 Å². The first-order chi connectivity index (χ1) is 9.67. The molecule has 0 bridgehead atoms. The van der Waals surface area contributed by atoms with E-state index in [2.05, 4.69) is 18.1 Å². The van der Waals surface area contributed by atoms with Crippen molar-refractivity contribution in [3.05, 3.63) is 33.8 Å². The van der Waals surface area contributed by atoms with E-state index in [-0.39, 0.29) is 0 Å². The summed E-state index contributed by atoms with van der Waals surface area (Å²) in [6.45, 7) is 4.97. The predicted molar refractivity (Wildman–Crippen MR) is 81.2 cm³/mol. The molecule has 0 atom stereocenters. The van der Waals surface area contributed by atoms with E-state index in [1.165, 1.54) is 0 Å². The molecular weight excluding hydrogens is 272 g/mol. The summed E-state index contributed by atoms with van der Waals surface area (Å²) in [6, 6.07) is 5.79. The molecule has 20 heavy (non-hydrogen) atoms. The molecule has 0 N–H and O–H groups in total. The maximum absolute atomic E-state index is 5.39. The van der Waals surface area contributed by atoms with Gasteiger partial charge < -0.3 is 9.47 Å². The number of ether oxygens (including phenoxy) is 2. The fourth-order valence-electron chi connectivity index (χ4n) is 1.91. The quantitative estimate of drug-likeness (QED) is 0.795. The molecule has 5 heteroatoms. The Labute approximate surface area is 123 Å². The Morgan fingerprint density at radius 1 is 1.25 bits per heavy atom. The second-order valence-corrected chi connectivity index (χ2v) is 5.43. The first-order valence-corrected chi connectivity index (χ1v) is 7.27. The molecule has 0 amide bonds. The molecular formula is C15H19N2O2S+. The topological polar surface area (TPSA) is 35.2 Å². The zero-order valence-corrected chi connectivity index (χ0v) is 13.0. The van der Waals surface area contributed by atoms with Gasteiger partial charge in [0, 0.05) is 22.8 Å². The molecule has 0 saturated carbocycles. The highest BCUT2D eigenvalue weighted by Gasteiger charge is 2.13. The lowest BCUT2D eigenvalue weighted by molar-refractivity contribution is -0.747. The van der Waals surface area contributed by atoms with E-state index < -0.39 is 0 Å². The number of aryl methyl sites for hydroxylation is 2. The molecule has 0 aliphatic heterocycles. The van der Waals surface area contributed by atoms with Gasteiger partial charge in [0.1, 0.15) is 11.5 Å². The molecule has 2 aromatic rings. The van der Waals surface area contributed by atoms with Gasteiger partial charge in [-0.2, -0.15) is 0 Å². The average molecular weight is 291 g/mol. The largest absolute Gasteiger partial charge is 0.497 e. The number of methoxy groups -OCH3 is 2. The summed E-state index contributed by atoms with van der Waals surface area (Å²) in [6.07, 6.45) is 4.11. The van der Waals surface area contributed by atoms with Crippen LogP contribution in [0.25, 0.3) is 12.2 Å². The van der Waals surface area contributed by atoms with E-state index in [9.17, 15) is 0 Å². The second kappa shape index (κ2) is 6.52. The zero-order chi connectivity index (χ0) is 14.5. The molecule has 0 radical (unpaired) electrons. The SMILES string of the molecule is CC[n+]1nc(C)sc1C=Cc1ccc(OC)cc1OC. The van der Waals surface area contributed by atoms with Crippen LogP contribution >= 0.6 is 11.3 Å². The van der Waals surface area contributed by atoms with E-state index in [0.29, 0.717) is 0 Å². The van der Waals surface area contributed by atoms with Gasteiger partial charge in [-0.05, 0) is 43.4 Å². The van der Waals surface area contributed by atoms with Crippen LogP contribution in [0.15, 0.2) is 18.2 Å². The molecule has 1 heterocycles. The van der Waals surface area contributed by atoms with Crippen molar-refractivity contribution >= 4 is 23.5 Å². The minimum Gasteiger partial charge on any atom is -0.497 e. The van der Waals surface area contributed by atoms with Gasteiger partial charge in [0.2, 0.25) is 0 Å². The Morgan fingerprint density at radius 3 is 2.70 bits per heavy atom. The van der Waals surface area contributed by atoms with Gasteiger partial charge in [0.15, 0.2) is 11.6 Å². The summed E-state index contributed by atoms with van der Waals surface area (Å²) in [7, 11) is 3.31. The summed E-state index contributed by atoms with van der Waals surface area (Å²) < 4.78 is 12.6. The number of rotatable bonds is 5. The number of benzene rings is 1. The summed E-state index contributed by atoms with van der Waals surface area (Å²) in [4.78, 5) is 0. The molecule has 0 aliphatic rings. The first kappa shape index (κ1) is 14.5. The number of aromatic nitrogens is 2. The monoisotopic (exact) mass is 291 g/mol. The van der Waals surface area contributed by atoms with Crippen LogP contribution in [0, 0.1) is 6.92 Å². The van der Waals surface area contributed by atoms with Crippen molar-refractivity contribution in [2.45, 2.75) is 20.4 Å². The molecule has 0 spiro atoms. The lowest BCUT2D eigenvalue weighted by Gasteiger charge is -2.06. The summed E-state index contributed by atoms with van der Waals surface area (Å²) in [5.74, 6) is 1.58. The minimum absolute atomic E-state index is 0.788. The van der Waals surface area contributed by atoms with Crippen molar-refractivity contribution < 1.29 is 14.2 Å². The van der Waals surface area contributed by atoms with Gasteiger partial charge in [0.05, 0.1) is 14.2 Å². The minimum atomic E-state index is 0.788. The van der Waals surface area contributed by atoms with E-state index in [4.69, 9.17) is 9.47 Å². The van der Waals surface area contributed by atoms with Crippen molar-refractivity contribution in [2.75, 3.05) is 14.2 Å². The molecule has 0 aliphatic carbocycles. The van der Waals surface area contributed by atoms with Gasteiger partial charge in [-0.15, -0.1) is 0 Å². The summed E-state index contributed by atoms with van der Waals surface area (Å²) in [5.41, 5.74) is 1.02. The third-order valence-corrected chi connectivity index (χ3v) is 3.85. The third kappa shape index (κ3) is 3.17. The van der Waals surface area contributed by atoms with Crippen LogP contribution in [-0.4, -0.2) is 19.3 Å². The normalized spacial score (nSPS) is 11.0. The van der Waals surface area contributed by atoms with Crippen LogP contribution in [0.1, 0.15) is 22.5 Å². The molecule has 0 unspecified atom stereocenters. The lowest BCUT2D eigenvalue weighted by atomic mass is 10.2. The van der Waals surface area contributed by atoms with Crippen LogP contribution in [0.5, 0.6) is 11.5 Å². The molecule has 1 aromatic heterocycles. The maximum atomic E-state index is 5.39. The Bertz CT molecular complexity index is 620. The maximum Gasteiger partial charge on any atom is 0.289 e. The summed E-state index contributed by atoms with van der Waals surface area (Å²) in [5, 5.41) is 6.63.